The summed E-state index contributed by atoms with van der Waals surface area (Å²) in [5.41, 5.74) is 0. The van der Waals surface area contributed by atoms with Crippen molar-refractivity contribution in [2.24, 2.45) is 0 Å². The van der Waals surface area contributed by atoms with Crippen molar-refractivity contribution in [2.45, 2.75) is 412 Å². The summed E-state index contributed by atoms with van der Waals surface area (Å²) in [7, 11) is 0. The fourth-order valence-corrected chi connectivity index (χ4v) is 11.2. The second-order valence-corrected chi connectivity index (χ2v) is 24.9. The molecule has 1 atom stereocenters. The van der Waals surface area contributed by atoms with Crippen LogP contribution in [0.25, 0.3) is 0 Å². The number of rotatable bonds is 68. The molecular formula is C75H140O6. The average molecular weight is 1140 g/mol. The van der Waals surface area contributed by atoms with Crippen LogP contribution in [0.15, 0.2) is 36.5 Å². The predicted molar refractivity (Wildman–Crippen MR) is 353 cm³/mol. The fourth-order valence-electron chi connectivity index (χ4n) is 11.2. The van der Waals surface area contributed by atoms with E-state index in [0.29, 0.717) is 19.3 Å². The zero-order valence-corrected chi connectivity index (χ0v) is 54.8. The molecule has 0 N–H and O–H groups in total. The molecule has 0 heterocycles. The maximum atomic E-state index is 13.0. The third-order valence-corrected chi connectivity index (χ3v) is 16.6. The molecule has 0 aliphatic carbocycles. The lowest BCUT2D eigenvalue weighted by Crippen LogP contribution is -2.30. The summed E-state index contributed by atoms with van der Waals surface area (Å²) in [4.78, 5) is 38.5. The van der Waals surface area contributed by atoms with E-state index in [-0.39, 0.29) is 31.1 Å². The van der Waals surface area contributed by atoms with Gasteiger partial charge in [-0.25, -0.2) is 0 Å². The Hall–Kier alpha value is -2.37. The maximum absolute atomic E-state index is 13.0. The van der Waals surface area contributed by atoms with E-state index in [0.717, 1.165) is 70.6 Å². The number of hydrogen-bond donors (Lipinski definition) is 0. The summed E-state index contributed by atoms with van der Waals surface area (Å²) in [6, 6.07) is 0. The molecule has 0 aliphatic heterocycles. The molecule has 0 aliphatic rings. The molecule has 6 heteroatoms. The lowest BCUT2D eigenvalue weighted by atomic mass is 10.0. The zero-order valence-electron chi connectivity index (χ0n) is 54.8. The van der Waals surface area contributed by atoms with E-state index in [9.17, 15) is 14.4 Å². The summed E-state index contributed by atoms with van der Waals surface area (Å²) >= 11 is 0. The van der Waals surface area contributed by atoms with Crippen LogP contribution in [0.5, 0.6) is 0 Å². The third kappa shape index (κ3) is 68.3. The standard InChI is InChI=1S/C75H140O6/c1-4-7-10-13-16-19-22-25-27-29-31-33-35-37-39-41-43-45-47-50-53-56-59-62-65-68-74(77)80-71-72(70-79-73(76)67-64-61-58-55-52-49-24-21-18-15-12-9-6-3)81-75(78)69-66-63-60-57-54-51-48-46-44-42-40-38-36-34-32-30-28-26-23-20-17-14-11-8-5-2/h22,25,29,31,35,37,72H,4-21,23-24,26-28,30,32-34,36,38-71H2,1-3H3/b25-22-,31-29-,37-35-. The number of allylic oxidation sites excluding steroid dienone is 6. The Balaban J connectivity index is 4.23. The number of ether oxygens (including phenoxy) is 3. The van der Waals surface area contributed by atoms with Crippen molar-refractivity contribution in [1.82, 2.24) is 0 Å². The van der Waals surface area contributed by atoms with Gasteiger partial charge in [0.1, 0.15) is 13.2 Å². The summed E-state index contributed by atoms with van der Waals surface area (Å²) in [5.74, 6) is -0.839. The van der Waals surface area contributed by atoms with Crippen LogP contribution in [-0.4, -0.2) is 37.2 Å². The van der Waals surface area contributed by atoms with Crippen molar-refractivity contribution < 1.29 is 28.6 Å². The van der Waals surface area contributed by atoms with Gasteiger partial charge in [-0.05, 0) is 57.8 Å². The van der Waals surface area contributed by atoms with E-state index in [1.807, 2.05) is 0 Å². The monoisotopic (exact) mass is 1140 g/mol. The number of hydrogen-bond acceptors (Lipinski definition) is 6. The van der Waals surface area contributed by atoms with E-state index >= 15 is 0 Å². The molecule has 81 heavy (non-hydrogen) atoms. The van der Waals surface area contributed by atoms with Crippen LogP contribution < -0.4 is 0 Å². The number of carbonyl (C=O) groups excluding carboxylic acids is 3. The van der Waals surface area contributed by atoms with Gasteiger partial charge in [-0.15, -0.1) is 0 Å². The van der Waals surface area contributed by atoms with E-state index in [2.05, 4.69) is 57.2 Å². The van der Waals surface area contributed by atoms with Crippen LogP contribution in [0.1, 0.15) is 406 Å². The average Bonchev–Trinajstić information content (AvgIpc) is 3.46. The van der Waals surface area contributed by atoms with Gasteiger partial charge in [0.25, 0.3) is 0 Å². The molecule has 0 rings (SSSR count). The predicted octanol–water partition coefficient (Wildman–Crippen LogP) is 25.1. The molecule has 476 valence electrons. The molecule has 0 amide bonds. The molecule has 0 saturated heterocycles. The van der Waals surface area contributed by atoms with Crippen molar-refractivity contribution in [2.75, 3.05) is 13.2 Å². The first-order valence-electron chi connectivity index (χ1n) is 36.5. The molecule has 1 unspecified atom stereocenters. The first-order valence-corrected chi connectivity index (χ1v) is 36.5. The van der Waals surface area contributed by atoms with E-state index in [1.165, 1.54) is 295 Å². The molecule has 0 aromatic carbocycles. The minimum absolute atomic E-state index is 0.0670. The number of carbonyl (C=O) groups is 3. The van der Waals surface area contributed by atoms with Crippen LogP contribution in [0, 0.1) is 0 Å². The Morgan fingerprint density at radius 3 is 0.691 bits per heavy atom. The lowest BCUT2D eigenvalue weighted by Gasteiger charge is -2.18. The normalized spacial score (nSPS) is 12.2. The van der Waals surface area contributed by atoms with Gasteiger partial charge in [0.05, 0.1) is 0 Å². The lowest BCUT2D eigenvalue weighted by molar-refractivity contribution is -0.167. The largest absolute Gasteiger partial charge is 0.462 e. The number of esters is 3. The number of unbranched alkanes of at least 4 members (excludes halogenated alkanes) is 51. The third-order valence-electron chi connectivity index (χ3n) is 16.6. The van der Waals surface area contributed by atoms with Gasteiger partial charge in [0.15, 0.2) is 6.10 Å². The van der Waals surface area contributed by atoms with Gasteiger partial charge in [-0.2, -0.15) is 0 Å². The summed E-state index contributed by atoms with van der Waals surface area (Å²) < 4.78 is 17.0. The topological polar surface area (TPSA) is 78.9 Å². The van der Waals surface area contributed by atoms with Crippen LogP contribution in [0.4, 0.5) is 0 Å². The van der Waals surface area contributed by atoms with Gasteiger partial charge >= 0.3 is 17.9 Å². The first kappa shape index (κ1) is 78.6. The second kappa shape index (κ2) is 70.1. The Labute approximate surface area is 506 Å². The quantitative estimate of drug-likeness (QED) is 0.0261. The summed E-state index contributed by atoms with van der Waals surface area (Å²) in [5, 5.41) is 0. The van der Waals surface area contributed by atoms with Crippen molar-refractivity contribution in [3.8, 4) is 0 Å². The highest BCUT2D eigenvalue weighted by Gasteiger charge is 2.19. The Kier molecular flexibility index (Phi) is 68.1. The molecular weight excluding hydrogens is 997 g/mol. The maximum Gasteiger partial charge on any atom is 0.306 e. The highest BCUT2D eigenvalue weighted by atomic mass is 16.6. The van der Waals surface area contributed by atoms with Crippen LogP contribution in [0.3, 0.4) is 0 Å². The fraction of sp³-hybridized carbons (Fsp3) is 0.880. The summed E-state index contributed by atoms with van der Waals surface area (Å²) in [6.45, 7) is 6.71. The zero-order chi connectivity index (χ0) is 58.5. The smallest absolute Gasteiger partial charge is 0.306 e. The van der Waals surface area contributed by atoms with Gasteiger partial charge in [0, 0.05) is 19.3 Å². The van der Waals surface area contributed by atoms with Gasteiger partial charge in [0.2, 0.25) is 0 Å². The van der Waals surface area contributed by atoms with Crippen LogP contribution >= 0.6 is 0 Å². The Morgan fingerprint density at radius 2 is 0.444 bits per heavy atom. The van der Waals surface area contributed by atoms with E-state index < -0.39 is 6.10 Å². The van der Waals surface area contributed by atoms with Crippen molar-refractivity contribution >= 4 is 17.9 Å². The minimum atomic E-state index is -0.771. The van der Waals surface area contributed by atoms with Crippen molar-refractivity contribution in [3.05, 3.63) is 36.5 Å². The van der Waals surface area contributed by atoms with E-state index in [1.54, 1.807) is 0 Å². The van der Waals surface area contributed by atoms with Gasteiger partial charge < -0.3 is 14.2 Å². The molecule has 0 bridgehead atoms. The highest BCUT2D eigenvalue weighted by Crippen LogP contribution is 2.19. The minimum Gasteiger partial charge on any atom is -0.462 e. The Morgan fingerprint density at radius 1 is 0.247 bits per heavy atom. The molecule has 0 aromatic heterocycles. The highest BCUT2D eigenvalue weighted by molar-refractivity contribution is 5.71. The summed E-state index contributed by atoms with van der Waals surface area (Å²) in [6.07, 6.45) is 87.5. The van der Waals surface area contributed by atoms with Gasteiger partial charge in [-0.3, -0.25) is 14.4 Å². The molecule has 0 saturated carbocycles. The SMILES string of the molecule is CCCCCCC/C=C\C/C=C\C/C=C\CCCCCCCCCCCCC(=O)OCC(COC(=O)CCCCCCCCCCCCCCC)OC(=O)CCCCCCCCCCCCCCCCCCCCCCCCCCC. The second-order valence-electron chi connectivity index (χ2n) is 24.9. The molecule has 0 radical (unpaired) electrons. The van der Waals surface area contributed by atoms with Crippen molar-refractivity contribution in [1.29, 1.82) is 0 Å². The molecule has 0 spiro atoms. The van der Waals surface area contributed by atoms with Crippen molar-refractivity contribution in [3.63, 3.8) is 0 Å². The van der Waals surface area contributed by atoms with E-state index in [4.69, 9.17) is 14.2 Å². The van der Waals surface area contributed by atoms with Crippen LogP contribution in [-0.2, 0) is 28.6 Å². The first-order chi connectivity index (χ1) is 40.0. The molecule has 6 nitrogen and oxygen atoms in total. The molecule has 0 fully saturated rings. The van der Waals surface area contributed by atoms with Gasteiger partial charge in [-0.1, -0.05) is 365 Å². The van der Waals surface area contributed by atoms with Crippen LogP contribution in [0.2, 0.25) is 0 Å². The molecule has 0 aromatic rings. The Bertz CT molecular complexity index is 1350.